The number of aromatic amines is 1. The molecule has 4 rings (SSSR count). The summed E-state index contributed by atoms with van der Waals surface area (Å²) in [6, 6.07) is 15.6. The highest BCUT2D eigenvalue weighted by molar-refractivity contribution is 5.95. The first-order chi connectivity index (χ1) is 15.6. The Morgan fingerprint density at radius 1 is 1.00 bits per heavy atom. The quantitative estimate of drug-likeness (QED) is 0.589. The molecule has 0 radical (unpaired) electrons. The minimum absolute atomic E-state index is 0.0883. The number of carbonyl (C=O) groups is 1. The average Bonchev–Trinajstić information content (AvgIpc) is 3.34. The van der Waals surface area contributed by atoms with Gasteiger partial charge in [-0.05, 0) is 30.5 Å². The maximum absolute atomic E-state index is 12.9. The maximum atomic E-state index is 12.9. The number of benzene rings is 2. The van der Waals surface area contributed by atoms with Crippen LogP contribution in [-0.2, 0) is 0 Å². The van der Waals surface area contributed by atoms with E-state index in [4.69, 9.17) is 14.2 Å². The van der Waals surface area contributed by atoms with E-state index in [0.717, 1.165) is 43.0 Å². The molecule has 2 aromatic carbocycles. The molecule has 0 aliphatic carbocycles. The van der Waals surface area contributed by atoms with E-state index < -0.39 is 0 Å². The first-order valence-corrected chi connectivity index (χ1v) is 10.6. The van der Waals surface area contributed by atoms with Gasteiger partial charge in [0.05, 0.1) is 27.0 Å². The van der Waals surface area contributed by atoms with Crippen molar-refractivity contribution in [2.45, 2.75) is 18.9 Å². The second-order valence-corrected chi connectivity index (χ2v) is 7.65. The SMILES string of the molecule is COc1cc(C(=O)NC2CCN(c3cc(-c4ccccc4)[nH]n3)CC2)cc(OC)c1OC. The molecule has 1 aromatic heterocycles. The van der Waals surface area contributed by atoms with Gasteiger partial charge in [-0.2, -0.15) is 5.10 Å². The zero-order valence-corrected chi connectivity index (χ0v) is 18.6. The van der Waals surface area contributed by atoms with Crippen molar-refractivity contribution < 1.29 is 19.0 Å². The first kappa shape index (κ1) is 21.5. The summed E-state index contributed by atoms with van der Waals surface area (Å²) in [6.45, 7) is 1.64. The predicted octanol–water partition coefficient (Wildman–Crippen LogP) is 3.50. The Hall–Kier alpha value is -3.68. The molecule has 168 valence electrons. The van der Waals surface area contributed by atoms with Gasteiger partial charge in [0.2, 0.25) is 5.75 Å². The van der Waals surface area contributed by atoms with E-state index in [2.05, 4.69) is 38.6 Å². The largest absolute Gasteiger partial charge is 0.493 e. The van der Waals surface area contributed by atoms with Gasteiger partial charge in [-0.3, -0.25) is 9.89 Å². The topological polar surface area (TPSA) is 88.7 Å². The second-order valence-electron chi connectivity index (χ2n) is 7.65. The summed E-state index contributed by atoms with van der Waals surface area (Å²) in [4.78, 5) is 15.1. The molecule has 1 aliphatic rings. The van der Waals surface area contributed by atoms with Crippen molar-refractivity contribution in [3.05, 3.63) is 54.1 Å². The van der Waals surface area contributed by atoms with Crippen LogP contribution in [-0.4, -0.2) is 56.6 Å². The Balaban J connectivity index is 1.37. The Morgan fingerprint density at radius 3 is 2.25 bits per heavy atom. The van der Waals surface area contributed by atoms with Crippen molar-refractivity contribution in [3.8, 4) is 28.5 Å². The van der Waals surface area contributed by atoms with E-state index in [1.807, 2.05) is 18.2 Å². The van der Waals surface area contributed by atoms with E-state index >= 15 is 0 Å². The van der Waals surface area contributed by atoms with Crippen molar-refractivity contribution >= 4 is 11.7 Å². The minimum atomic E-state index is -0.158. The molecule has 0 spiro atoms. The fourth-order valence-corrected chi connectivity index (χ4v) is 3.97. The molecule has 8 nitrogen and oxygen atoms in total. The molecule has 0 saturated carbocycles. The summed E-state index contributed by atoms with van der Waals surface area (Å²) in [6.07, 6.45) is 1.67. The zero-order valence-electron chi connectivity index (χ0n) is 18.6. The van der Waals surface area contributed by atoms with Crippen molar-refractivity contribution in [1.29, 1.82) is 0 Å². The summed E-state index contributed by atoms with van der Waals surface area (Å²) >= 11 is 0. The predicted molar refractivity (Wildman–Crippen MR) is 123 cm³/mol. The van der Waals surface area contributed by atoms with Crippen LogP contribution in [0.3, 0.4) is 0 Å². The molecule has 8 heteroatoms. The van der Waals surface area contributed by atoms with Crippen LogP contribution < -0.4 is 24.4 Å². The molecule has 1 fully saturated rings. The van der Waals surface area contributed by atoms with Crippen LogP contribution in [0.25, 0.3) is 11.3 Å². The number of hydrogen-bond acceptors (Lipinski definition) is 6. The van der Waals surface area contributed by atoms with Crippen LogP contribution in [0.1, 0.15) is 23.2 Å². The molecule has 1 amide bonds. The minimum Gasteiger partial charge on any atom is -0.493 e. The van der Waals surface area contributed by atoms with Gasteiger partial charge in [0.15, 0.2) is 17.3 Å². The Labute approximate surface area is 187 Å². The van der Waals surface area contributed by atoms with E-state index in [0.29, 0.717) is 22.8 Å². The highest BCUT2D eigenvalue weighted by atomic mass is 16.5. The molecular formula is C24H28N4O4. The highest BCUT2D eigenvalue weighted by Crippen LogP contribution is 2.38. The number of carbonyl (C=O) groups excluding carboxylic acids is 1. The maximum Gasteiger partial charge on any atom is 0.251 e. The highest BCUT2D eigenvalue weighted by Gasteiger charge is 2.24. The summed E-state index contributed by atoms with van der Waals surface area (Å²) in [7, 11) is 4.61. The van der Waals surface area contributed by atoms with Gasteiger partial charge in [-0.25, -0.2) is 0 Å². The van der Waals surface area contributed by atoms with Gasteiger partial charge in [0, 0.05) is 30.8 Å². The number of H-pyrrole nitrogens is 1. The van der Waals surface area contributed by atoms with Crippen LogP contribution in [0.4, 0.5) is 5.82 Å². The number of amides is 1. The Kier molecular flexibility index (Phi) is 6.49. The summed E-state index contributed by atoms with van der Waals surface area (Å²) in [5.41, 5.74) is 2.58. The third-order valence-electron chi connectivity index (χ3n) is 5.73. The molecule has 2 heterocycles. The van der Waals surface area contributed by atoms with Crippen LogP contribution in [0.5, 0.6) is 17.2 Å². The number of hydrogen-bond donors (Lipinski definition) is 2. The van der Waals surface area contributed by atoms with Crippen LogP contribution in [0, 0.1) is 0 Å². The first-order valence-electron chi connectivity index (χ1n) is 10.6. The van der Waals surface area contributed by atoms with Gasteiger partial charge < -0.3 is 24.4 Å². The smallest absolute Gasteiger partial charge is 0.251 e. The van der Waals surface area contributed by atoms with Crippen LogP contribution in [0.2, 0.25) is 0 Å². The van der Waals surface area contributed by atoms with E-state index in [9.17, 15) is 4.79 Å². The van der Waals surface area contributed by atoms with Gasteiger partial charge in [0.1, 0.15) is 0 Å². The molecule has 2 N–H and O–H groups in total. The van der Waals surface area contributed by atoms with Crippen molar-refractivity contribution in [3.63, 3.8) is 0 Å². The van der Waals surface area contributed by atoms with Crippen molar-refractivity contribution in [1.82, 2.24) is 15.5 Å². The van der Waals surface area contributed by atoms with Gasteiger partial charge in [0.25, 0.3) is 5.91 Å². The molecule has 3 aromatic rings. The van der Waals surface area contributed by atoms with Gasteiger partial charge in [-0.1, -0.05) is 30.3 Å². The number of methoxy groups -OCH3 is 3. The lowest BCUT2D eigenvalue weighted by Crippen LogP contribution is -2.44. The number of aromatic nitrogens is 2. The Bertz CT molecular complexity index is 1030. The molecule has 0 unspecified atom stereocenters. The molecule has 1 saturated heterocycles. The van der Waals surface area contributed by atoms with Gasteiger partial charge >= 0.3 is 0 Å². The standard InChI is InChI=1S/C24H28N4O4/c1-30-20-13-17(14-21(31-2)23(20)32-3)24(29)25-18-9-11-28(12-10-18)22-15-19(26-27-22)16-7-5-4-6-8-16/h4-8,13-15,18H,9-12H2,1-3H3,(H,25,29)(H,26,27). The molecule has 0 bridgehead atoms. The third kappa shape index (κ3) is 4.49. The van der Waals surface area contributed by atoms with E-state index in [1.54, 1.807) is 12.1 Å². The number of nitrogens with one attached hydrogen (secondary N) is 2. The molecule has 1 aliphatic heterocycles. The summed E-state index contributed by atoms with van der Waals surface area (Å²) in [5.74, 6) is 2.15. The lowest BCUT2D eigenvalue weighted by Gasteiger charge is -2.32. The van der Waals surface area contributed by atoms with Crippen LogP contribution in [0.15, 0.2) is 48.5 Å². The fourth-order valence-electron chi connectivity index (χ4n) is 3.97. The second kappa shape index (κ2) is 9.64. The fraction of sp³-hybridized carbons (Fsp3) is 0.333. The number of ether oxygens (including phenoxy) is 3. The van der Waals surface area contributed by atoms with E-state index in [-0.39, 0.29) is 11.9 Å². The number of rotatable bonds is 7. The Morgan fingerprint density at radius 2 is 1.66 bits per heavy atom. The van der Waals surface area contributed by atoms with E-state index in [1.165, 1.54) is 21.3 Å². The monoisotopic (exact) mass is 436 g/mol. The normalized spacial score (nSPS) is 14.2. The average molecular weight is 437 g/mol. The van der Waals surface area contributed by atoms with Crippen molar-refractivity contribution in [2.24, 2.45) is 0 Å². The summed E-state index contributed by atoms with van der Waals surface area (Å²) < 4.78 is 16.0. The number of anilines is 1. The molecule has 0 atom stereocenters. The third-order valence-corrected chi connectivity index (χ3v) is 5.73. The molecule has 32 heavy (non-hydrogen) atoms. The van der Waals surface area contributed by atoms with Crippen LogP contribution >= 0.6 is 0 Å². The van der Waals surface area contributed by atoms with Gasteiger partial charge in [-0.15, -0.1) is 0 Å². The lowest BCUT2D eigenvalue weighted by atomic mass is 10.0. The van der Waals surface area contributed by atoms with Crippen molar-refractivity contribution in [2.75, 3.05) is 39.3 Å². The number of piperidine rings is 1. The molecular weight excluding hydrogens is 408 g/mol. The number of nitrogens with zero attached hydrogens (tertiary/aromatic N) is 2. The summed E-state index contributed by atoms with van der Waals surface area (Å²) in [5, 5.41) is 10.7. The zero-order chi connectivity index (χ0) is 22.5. The lowest BCUT2D eigenvalue weighted by molar-refractivity contribution is 0.0930.